The van der Waals surface area contributed by atoms with Crippen molar-refractivity contribution >= 4 is 41.1 Å². The molecule has 5 rings (SSSR count). The van der Waals surface area contributed by atoms with Gasteiger partial charge in [-0.25, -0.2) is 4.79 Å². The van der Waals surface area contributed by atoms with Gasteiger partial charge in [0.2, 0.25) is 5.91 Å². The second kappa shape index (κ2) is 14.2. The number of allylic oxidation sites excluding steroid dienone is 1. The van der Waals surface area contributed by atoms with Crippen molar-refractivity contribution in [2.24, 2.45) is 0 Å². The molecule has 4 aromatic rings. The summed E-state index contributed by atoms with van der Waals surface area (Å²) in [7, 11) is 1.19. The summed E-state index contributed by atoms with van der Waals surface area (Å²) in [4.78, 5) is 29.5. The molecular formula is C31H28ClF3N8O3. The second-order valence-electron chi connectivity index (χ2n) is 10.2. The number of methoxy groups -OCH3 is 1. The van der Waals surface area contributed by atoms with Gasteiger partial charge in [0.05, 0.1) is 24.5 Å². The lowest BCUT2D eigenvalue weighted by molar-refractivity contribution is -0.141. The lowest BCUT2D eigenvalue weighted by atomic mass is 9.99. The number of fused-ring (bicyclic) bond motifs is 4. The summed E-state index contributed by atoms with van der Waals surface area (Å²) in [6.07, 6.45) is 4.08. The van der Waals surface area contributed by atoms with Gasteiger partial charge < -0.3 is 15.4 Å². The van der Waals surface area contributed by atoms with Crippen LogP contribution in [0.15, 0.2) is 79.3 Å². The molecule has 2 atom stereocenters. The van der Waals surface area contributed by atoms with Crippen molar-refractivity contribution in [2.45, 2.75) is 37.5 Å². The van der Waals surface area contributed by atoms with E-state index in [0.717, 1.165) is 0 Å². The Morgan fingerprint density at radius 2 is 1.98 bits per heavy atom. The van der Waals surface area contributed by atoms with E-state index in [4.69, 9.17) is 11.6 Å². The van der Waals surface area contributed by atoms with Crippen LogP contribution in [0.1, 0.15) is 36.6 Å². The van der Waals surface area contributed by atoms with Gasteiger partial charge in [-0.15, -0.1) is 5.10 Å². The van der Waals surface area contributed by atoms with E-state index in [9.17, 15) is 22.8 Å². The number of ether oxygens (including phenoxy) is 1. The fraction of sp³-hybridized carbons (Fsp3) is 0.226. The molecule has 1 aliphatic rings. The third kappa shape index (κ3) is 8.07. The van der Waals surface area contributed by atoms with Gasteiger partial charge in [-0.05, 0) is 83.8 Å². The minimum absolute atomic E-state index is 0.143. The zero-order valence-corrected chi connectivity index (χ0v) is 25.1. The molecule has 2 amide bonds. The number of tetrazole rings is 1. The summed E-state index contributed by atoms with van der Waals surface area (Å²) < 4.78 is 48.3. The first kappa shape index (κ1) is 32.2. The number of anilines is 2. The molecule has 0 spiro atoms. The molecule has 0 saturated carbocycles. The molecule has 2 aromatic carbocycles. The number of benzene rings is 2. The highest BCUT2D eigenvalue weighted by Gasteiger charge is 2.39. The molecule has 2 bridgehead atoms. The van der Waals surface area contributed by atoms with Gasteiger partial charge in [0.25, 0.3) is 0 Å². The maximum Gasteiger partial charge on any atom is 0.411 e. The molecule has 0 radical (unpaired) electrons. The molecule has 2 aromatic heterocycles. The number of pyridine rings is 1. The largest absolute Gasteiger partial charge is 0.453 e. The molecule has 15 heteroatoms. The van der Waals surface area contributed by atoms with Crippen LogP contribution in [0.5, 0.6) is 0 Å². The number of nitrogens with one attached hydrogen (secondary N) is 3. The fourth-order valence-corrected chi connectivity index (χ4v) is 5.04. The van der Waals surface area contributed by atoms with E-state index in [-0.39, 0.29) is 17.8 Å². The molecule has 11 nitrogen and oxygen atoms in total. The van der Waals surface area contributed by atoms with Crippen LogP contribution in [-0.4, -0.2) is 56.5 Å². The van der Waals surface area contributed by atoms with Gasteiger partial charge in [-0.1, -0.05) is 29.8 Å². The summed E-state index contributed by atoms with van der Waals surface area (Å²) in [6.45, 7) is 0. The molecule has 1 aliphatic heterocycles. The molecule has 0 fully saturated rings. The molecule has 2 unspecified atom stereocenters. The maximum absolute atomic E-state index is 14.1. The van der Waals surface area contributed by atoms with Crippen LogP contribution in [0.2, 0.25) is 5.02 Å². The average molecular weight is 653 g/mol. The topological polar surface area (TPSA) is 136 Å². The van der Waals surface area contributed by atoms with E-state index in [2.05, 4.69) is 41.2 Å². The van der Waals surface area contributed by atoms with Crippen LogP contribution in [0.4, 0.5) is 29.3 Å². The lowest BCUT2D eigenvalue weighted by Gasteiger charge is -2.24. The smallest absolute Gasteiger partial charge is 0.411 e. The number of aromatic nitrogens is 5. The monoisotopic (exact) mass is 652 g/mol. The van der Waals surface area contributed by atoms with Crippen LogP contribution in [0, 0.1) is 0 Å². The number of amides is 2. The van der Waals surface area contributed by atoms with Gasteiger partial charge in [-0.3, -0.25) is 15.1 Å². The number of hydrogen-bond donors (Lipinski definition) is 3. The van der Waals surface area contributed by atoms with Crippen LogP contribution in [0.3, 0.4) is 0 Å². The van der Waals surface area contributed by atoms with Crippen molar-refractivity contribution < 1.29 is 27.5 Å². The predicted octanol–water partition coefficient (Wildman–Crippen LogP) is 6.51. The summed E-state index contributed by atoms with van der Waals surface area (Å²) in [5.41, 5.74) is 3.10. The number of carbonyl (C=O) groups is 2. The molecule has 238 valence electrons. The Hall–Kier alpha value is -5.24. The molecule has 3 N–H and O–H groups in total. The Kier molecular flexibility index (Phi) is 9.96. The summed E-state index contributed by atoms with van der Waals surface area (Å²) in [5, 5.41) is 19.7. The number of carbonyl (C=O) groups excluding carboxylic acids is 2. The van der Waals surface area contributed by atoms with Gasteiger partial charge >= 0.3 is 12.3 Å². The zero-order chi connectivity index (χ0) is 32.7. The molecule has 3 heterocycles. The third-order valence-electron chi connectivity index (χ3n) is 7.10. The van der Waals surface area contributed by atoms with Crippen LogP contribution < -0.4 is 16.0 Å². The molecule has 0 saturated heterocycles. The van der Waals surface area contributed by atoms with E-state index in [1.165, 1.54) is 42.5 Å². The number of nitrogens with zero attached hydrogens (tertiary/aromatic N) is 5. The van der Waals surface area contributed by atoms with Gasteiger partial charge in [0.15, 0.2) is 0 Å². The molecule has 46 heavy (non-hydrogen) atoms. The van der Waals surface area contributed by atoms with Crippen LogP contribution >= 0.6 is 11.6 Å². The first-order valence-electron chi connectivity index (χ1n) is 14.1. The average Bonchev–Trinajstić information content (AvgIpc) is 3.57. The highest BCUT2D eigenvalue weighted by molar-refractivity contribution is 6.30. The Morgan fingerprint density at radius 1 is 1.13 bits per heavy atom. The van der Waals surface area contributed by atoms with Crippen LogP contribution in [0.25, 0.3) is 22.9 Å². The Balaban J connectivity index is 1.46. The van der Waals surface area contributed by atoms with Crippen molar-refractivity contribution in [3.63, 3.8) is 0 Å². The quantitative estimate of drug-likeness (QED) is 0.164. The minimum Gasteiger partial charge on any atom is -0.453 e. The highest BCUT2D eigenvalue weighted by Crippen LogP contribution is 2.36. The minimum atomic E-state index is -4.56. The number of rotatable bonds is 5. The summed E-state index contributed by atoms with van der Waals surface area (Å²) in [5.74, 6) is -0.425. The zero-order valence-electron chi connectivity index (χ0n) is 24.3. The summed E-state index contributed by atoms with van der Waals surface area (Å²) in [6, 6.07) is 10.5. The standard InChI is InChI=1S/C31H28ClF3N8O3/c1-46-30(45)38-22-9-10-23-19-13-14-36-26(16-19)24(5-3-2-4-6-28(31(33,34)35)39-25(23)17-22)40-29(44)12-7-20-15-21(32)8-11-27(20)43-18-37-41-42-43/h2,4,7-18,24,28,39H,3,5-6H2,1H3,(H,38,45)(H,40,44). The highest BCUT2D eigenvalue weighted by atomic mass is 35.5. The first-order chi connectivity index (χ1) is 22.1. The Bertz CT molecular complexity index is 1760. The maximum atomic E-state index is 14.1. The number of halogens is 4. The van der Waals surface area contributed by atoms with Crippen molar-refractivity contribution in [2.75, 3.05) is 17.7 Å². The van der Waals surface area contributed by atoms with E-state index in [0.29, 0.717) is 45.9 Å². The number of alkyl halides is 3. The van der Waals surface area contributed by atoms with E-state index in [1.54, 1.807) is 54.6 Å². The lowest BCUT2D eigenvalue weighted by Crippen LogP contribution is -2.36. The van der Waals surface area contributed by atoms with Gasteiger partial charge in [-0.2, -0.15) is 17.9 Å². The Labute approximate surface area is 266 Å². The predicted molar refractivity (Wildman–Crippen MR) is 166 cm³/mol. The summed E-state index contributed by atoms with van der Waals surface area (Å²) >= 11 is 6.19. The van der Waals surface area contributed by atoms with Crippen molar-refractivity contribution in [1.29, 1.82) is 0 Å². The molecule has 0 aliphatic carbocycles. The SMILES string of the molecule is COC(=O)Nc1ccc2c(c1)NC(C(F)(F)F)CC=CCCC(NC(=O)C=Cc1cc(Cl)ccc1-n1cnnn1)c1cc-2ccn1. The van der Waals surface area contributed by atoms with Crippen molar-refractivity contribution in [3.05, 3.63) is 95.6 Å². The van der Waals surface area contributed by atoms with E-state index in [1.807, 2.05) is 0 Å². The third-order valence-corrected chi connectivity index (χ3v) is 7.34. The van der Waals surface area contributed by atoms with Gasteiger partial charge in [0.1, 0.15) is 12.4 Å². The Morgan fingerprint density at radius 3 is 2.74 bits per heavy atom. The normalized spacial score (nSPS) is 16.7. The van der Waals surface area contributed by atoms with Crippen LogP contribution in [-0.2, 0) is 9.53 Å². The first-order valence-corrected chi connectivity index (χ1v) is 14.4. The second-order valence-corrected chi connectivity index (χ2v) is 10.7. The van der Waals surface area contributed by atoms with E-state index >= 15 is 0 Å². The van der Waals surface area contributed by atoms with Crippen molar-refractivity contribution in [1.82, 2.24) is 30.5 Å². The molecular weight excluding hydrogens is 625 g/mol. The van der Waals surface area contributed by atoms with Gasteiger partial charge in [0, 0.05) is 39.8 Å². The number of hydrogen-bond acceptors (Lipinski definition) is 8. The fourth-order valence-electron chi connectivity index (χ4n) is 4.86. The van der Waals surface area contributed by atoms with Crippen molar-refractivity contribution in [3.8, 4) is 16.8 Å². The van der Waals surface area contributed by atoms with E-state index < -0.39 is 30.3 Å².